The number of hydrogen-bond donors (Lipinski definition) is 1. The van der Waals surface area contributed by atoms with E-state index in [0.29, 0.717) is 4.90 Å². The normalized spacial score (nSPS) is 25.0. The second kappa shape index (κ2) is 6.53. The van der Waals surface area contributed by atoms with E-state index in [2.05, 4.69) is 40.3 Å². The number of hydrogen-bond acceptors (Lipinski definition) is 4. The third-order valence-electron chi connectivity index (χ3n) is 5.41. The molecule has 0 radical (unpaired) electrons. The van der Waals surface area contributed by atoms with Crippen LogP contribution >= 0.6 is 0 Å². The van der Waals surface area contributed by atoms with Gasteiger partial charge < -0.3 is 4.57 Å². The van der Waals surface area contributed by atoms with Gasteiger partial charge in [0.1, 0.15) is 12.7 Å². The summed E-state index contributed by atoms with van der Waals surface area (Å²) in [7, 11) is -3.51. The van der Waals surface area contributed by atoms with Crippen molar-refractivity contribution in [2.45, 2.75) is 62.9 Å². The van der Waals surface area contributed by atoms with Gasteiger partial charge in [-0.05, 0) is 43.2 Å². The van der Waals surface area contributed by atoms with Gasteiger partial charge in [0, 0.05) is 6.04 Å². The first-order chi connectivity index (χ1) is 11.7. The Morgan fingerprint density at radius 2 is 1.80 bits per heavy atom. The van der Waals surface area contributed by atoms with Crippen LogP contribution in [0.3, 0.4) is 0 Å². The average molecular weight is 362 g/mol. The molecule has 136 valence electrons. The Bertz CT molecular complexity index is 797. The third-order valence-corrected chi connectivity index (χ3v) is 6.95. The molecule has 1 aromatic heterocycles. The average Bonchev–Trinajstić information content (AvgIpc) is 3.09. The molecule has 25 heavy (non-hydrogen) atoms. The first-order valence-electron chi connectivity index (χ1n) is 8.67. The molecule has 7 heteroatoms. The van der Waals surface area contributed by atoms with Gasteiger partial charge in [-0.15, -0.1) is 10.2 Å². The highest BCUT2D eigenvalue weighted by molar-refractivity contribution is 7.89. The molecule has 1 heterocycles. The molecule has 0 bridgehead atoms. The minimum atomic E-state index is -3.51. The van der Waals surface area contributed by atoms with Crippen LogP contribution in [0.4, 0.5) is 0 Å². The van der Waals surface area contributed by atoms with Gasteiger partial charge in [-0.25, -0.2) is 13.1 Å². The van der Waals surface area contributed by atoms with Crippen LogP contribution in [0.2, 0.25) is 0 Å². The van der Waals surface area contributed by atoms with Gasteiger partial charge in [-0.2, -0.15) is 0 Å². The fourth-order valence-corrected chi connectivity index (χ4v) is 5.26. The number of nitrogens with zero attached hydrogens (tertiary/aromatic N) is 3. The van der Waals surface area contributed by atoms with Gasteiger partial charge in [-0.3, -0.25) is 0 Å². The summed E-state index contributed by atoms with van der Waals surface area (Å²) in [5.41, 5.74) is -0.259. The summed E-state index contributed by atoms with van der Waals surface area (Å²) in [5.74, 6) is 0. The Labute approximate surface area is 149 Å². The highest BCUT2D eigenvalue weighted by atomic mass is 32.2. The van der Waals surface area contributed by atoms with Crippen molar-refractivity contribution in [3.63, 3.8) is 0 Å². The van der Waals surface area contributed by atoms with Crippen molar-refractivity contribution in [1.29, 1.82) is 0 Å². The molecule has 1 aromatic carbocycles. The van der Waals surface area contributed by atoms with Crippen molar-refractivity contribution in [2.75, 3.05) is 0 Å². The Morgan fingerprint density at radius 3 is 2.40 bits per heavy atom. The Hall–Kier alpha value is -1.73. The van der Waals surface area contributed by atoms with E-state index in [1.165, 1.54) is 0 Å². The maximum Gasteiger partial charge on any atom is 0.240 e. The molecule has 1 aliphatic rings. The van der Waals surface area contributed by atoms with E-state index in [0.717, 1.165) is 25.7 Å². The zero-order valence-corrected chi connectivity index (χ0v) is 15.8. The predicted molar refractivity (Wildman–Crippen MR) is 96.5 cm³/mol. The summed E-state index contributed by atoms with van der Waals surface area (Å²) in [6.07, 6.45) is 7.00. The molecule has 2 atom stereocenters. The lowest BCUT2D eigenvalue weighted by Gasteiger charge is -2.50. The summed E-state index contributed by atoms with van der Waals surface area (Å²) >= 11 is 0. The van der Waals surface area contributed by atoms with E-state index in [1.54, 1.807) is 36.9 Å². The summed E-state index contributed by atoms with van der Waals surface area (Å²) in [6, 6.07) is 8.44. The maximum atomic E-state index is 12.7. The number of benzene rings is 1. The number of aromatic nitrogens is 3. The first-order valence-corrected chi connectivity index (χ1v) is 10.2. The molecule has 0 spiro atoms. The van der Waals surface area contributed by atoms with E-state index in [4.69, 9.17) is 0 Å². The Kier molecular flexibility index (Phi) is 4.72. The summed E-state index contributed by atoms with van der Waals surface area (Å²) < 4.78 is 30.4. The van der Waals surface area contributed by atoms with Gasteiger partial charge in [0.2, 0.25) is 10.0 Å². The van der Waals surface area contributed by atoms with E-state index in [1.807, 2.05) is 6.07 Å². The van der Waals surface area contributed by atoms with Crippen LogP contribution in [0, 0.1) is 5.41 Å². The summed E-state index contributed by atoms with van der Waals surface area (Å²) in [5, 5.41) is 7.95. The standard InChI is InChI=1S/C18H26N4O2S/c1-17(2,3)18(22-13-19-20-14-22)11-7-8-15(12-18)21-25(23,24)16-9-5-4-6-10-16/h4-6,9-10,13-15,21H,7-8,11-12H2,1-3H3/t15-,18+/m0/s1. The molecule has 0 unspecified atom stereocenters. The predicted octanol–water partition coefficient (Wildman–Crippen LogP) is 2.94. The van der Waals surface area contributed by atoms with Gasteiger partial charge in [0.05, 0.1) is 10.4 Å². The molecule has 0 amide bonds. The first kappa shape index (κ1) is 18.1. The van der Waals surface area contributed by atoms with Crippen molar-refractivity contribution < 1.29 is 8.42 Å². The highest BCUT2D eigenvalue weighted by Crippen LogP contribution is 2.47. The van der Waals surface area contributed by atoms with Crippen LogP contribution < -0.4 is 4.72 Å². The molecule has 0 aliphatic heterocycles. The lowest BCUT2D eigenvalue weighted by Crippen LogP contribution is -2.53. The molecule has 2 aromatic rings. The topological polar surface area (TPSA) is 76.9 Å². The smallest absolute Gasteiger partial charge is 0.240 e. The Morgan fingerprint density at radius 1 is 1.16 bits per heavy atom. The van der Waals surface area contributed by atoms with Crippen LogP contribution in [-0.2, 0) is 15.6 Å². The zero-order valence-electron chi connectivity index (χ0n) is 15.0. The number of rotatable bonds is 4. The molecular weight excluding hydrogens is 336 g/mol. The lowest BCUT2D eigenvalue weighted by atomic mass is 9.64. The van der Waals surface area contributed by atoms with E-state index >= 15 is 0 Å². The van der Waals surface area contributed by atoms with Crippen LogP contribution in [0.1, 0.15) is 46.5 Å². The monoisotopic (exact) mass is 362 g/mol. The Balaban J connectivity index is 1.88. The van der Waals surface area contributed by atoms with Gasteiger partial charge in [0.25, 0.3) is 0 Å². The van der Waals surface area contributed by atoms with Crippen molar-refractivity contribution in [1.82, 2.24) is 19.5 Å². The van der Waals surface area contributed by atoms with Gasteiger partial charge in [0.15, 0.2) is 0 Å². The largest absolute Gasteiger partial charge is 0.313 e. The fourth-order valence-electron chi connectivity index (χ4n) is 3.97. The molecule has 6 nitrogen and oxygen atoms in total. The van der Waals surface area contributed by atoms with Crippen molar-refractivity contribution in [3.8, 4) is 0 Å². The second-order valence-corrected chi connectivity index (χ2v) is 9.59. The number of nitrogens with one attached hydrogen (secondary N) is 1. The van der Waals surface area contributed by atoms with E-state index in [9.17, 15) is 8.42 Å². The lowest BCUT2D eigenvalue weighted by molar-refractivity contribution is 0.0395. The molecule has 1 saturated carbocycles. The van der Waals surface area contributed by atoms with Crippen molar-refractivity contribution in [3.05, 3.63) is 43.0 Å². The molecule has 3 rings (SSSR count). The molecule has 1 N–H and O–H groups in total. The second-order valence-electron chi connectivity index (χ2n) is 7.88. The SMILES string of the molecule is CC(C)(C)[C@@]1(n2cnnc2)CCC[C@H](NS(=O)(=O)c2ccccc2)C1. The van der Waals surface area contributed by atoms with Crippen molar-refractivity contribution >= 4 is 10.0 Å². The van der Waals surface area contributed by atoms with Gasteiger partial charge in [-0.1, -0.05) is 39.0 Å². The molecular formula is C18H26N4O2S. The minimum absolute atomic E-state index is 0.0494. The van der Waals surface area contributed by atoms with E-state index in [-0.39, 0.29) is 17.0 Å². The maximum absolute atomic E-state index is 12.7. The summed E-state index contributed by atoms with van der Waals surface area (Å²) in [6.45, 7) is 6.59. The fraction of sp³-hybridized carbons (Fsp3) is 0.556. The minimum Gasteiger partial charge on any atom is -0.313 e. The van der Waals surface area contributed by atoms with Crippen molar-refractivity contribution in [2.24, 2.45) is 5.41 Å². The van der Waals surface area contributed by atoms with Crippen LogP contribution in [0.15, 0.2) is 47.9 Å². The zero-order chi connectivity index (χ0) is 18.1. The number of sulfonamides is 1. The van der Waals surface area contributed by atoms with Crippen LogP contribution in [-0.4, -0.2) is 29.2 Å². The summed E-state index contributed by atoms with van der Waals surface area (Å²) in [4.78, 5) is 0.311. The van der Waals surface area contributed by atoms with Crippen LogP contribution in [0.25, 0.3) is 0 Å². The highest BCUT2D eigenvalue weighted by Gasteiger charge is 2.47. The molecule has 1 fully saturated rings. The molecule has 1 aliphatic carbocycles. The third kappa shape index (κ3) is 3.48. The van der Waals surface area contributed by atoms with Crippen LogP contribution in [0.5, 0.6) is 0 Å². The quantitative estimate of drug-likeness (QED) is 0.907. The van der Waals surface area contributed by atoms with E-state index < -0.39 is 10.0 Å². The van der Waals surface area contributed by atoms with Gasteiger partial charge >= 0.3 is 0 Å². The molecule has 0 saturated heterocycles.